The monoisotopic (exact) mass is 452 g/mol. The zero-order valence-electron chi connectivity index (χ0n) is 19.9. The minimum atomic E-state index is -2.78. The Morgan fingerprint density at radius 2 is 1.18 bits per heavy atom. The van der Waals surface area contributed by atoms with E-state index >= 15 is 0 Å². The highest BCUT2D eigenvalue weighted by Gasteiger charge is 2.45. The zero-order chi connectivity index (χ0) is 23.1. The molecule has 3 aromatic rings. The van der Waals surface area contributed by atoms with Crippen LogP contribution in [0.1, 0.15) is 45.4 Å². The smallest absolute Gasteiger partial charge is 0.288 e. The van der Waals surface area contributed by atoms with E-state index in [1.165, 1.54) is 53.2 Å². The second-order valence-corrected chi connectivity index (χ2v) is 12.8. The fraction of sp³-hybridized carbons (Fsp3) is 0.290. The second-order valence-electron chi connectivity index (χ2n) is 9.51. The Morgan fingerprint density at radius 1 is 0.758 bits per heavy atom. The molecule has 0 spiro atoms. The predicted octanol–water partition coefficient (Wildman–Crippen LogP) is 6.14. The van der Waals surface area contributed by atoms with Crippen molar-refractivity contribution in [1.82, 2.24) is 0 Å². The first-order chi connectivity index (χ1) is 16.1. The zero-order valence-corrected chi connectivity index (χ0v) is 20.9. The molecular formula is C31H36OSi. The highest BCUT2D eigenvalue weighted by atomic mass is 28.4. The van der Waals surface area contributed by atoms with E-state index in [1.807, 2.05) is 0 Å². The standard InChI is InChI=1S/C31H36OSi/c1-25(2)24-26(3)31(27-16-8-4-9-17-27)32-33(28-18-10-5-11-19-28,29-20-12-6-13-21-29)30-22-14-7-15-23-30/h5-7,10-15,18-23,27,31H,1,3-4,8-9,16-17,24H2,2H3. The average Bonchev–Trinajstić information content (AvgIpc) is 2.86. The van der Waals surface area contributed by atoms with Crippen LogP contribution in [-0.2, 0) is 4.43 Å². The topological polar surface area (TPSA) is 9.23 Å². The van der Waals surface area contributed by atoms with Gasteiger partial charge < -0.3 is 4.43 Å². The van der Waals surface area contributed by atoms with Gasteiger partial charge in [-0.3, -0.25) is 0 Å². The maximum absolute atomic E-state index is 7.60. The van der Waals surface area contributed by atoms with Gasteiger partial charge in [0.2, 0.25) is 0 Å². The normalized spacial score (nSPS) is 15.7. The van der Waals surface area contributed by atoms with Crippen molar-refractivity contribution in [2.75, 3.05) is 0 Å². The summed E-state index contributed by atoms with van der Waals surface area (Å²) < 4.78 is 7.60. The van der Waals surface area contributed by atoms with Gasteiger partial charge >= 0.3 is 0 Å². The molecule has 0 heterocycles. The van der Waals surface area contributed by atoms with Crippen LogP contribution >= 0.6 is 0 Å². The molecule has 0 saturated heterocycles. The Labute approximate surface area is 201 Å². The molecule has 1 nitrogen and oxygen atoms in total. The molecule has 0 amide bonds. The molecule has 0 radical (unpaired) electrons. The van der Waals surface area contributed by atoms with Gasteiger partial charge in [0, 0.05) is 0 Å². The molecule has 0 aliphatic heterocycles. The fourth-order valence-electron chi connectivity index (χ4n) is 5.35. The van der Waals surface area contributed by atoms with E-state index in [9.17, 15) is 0 Å². The van der Waals surface area contributed by atoms with Crippen molar-refractivity contribution in [3.05, 3.63) is 115 Å². The fourth-order valence-corrected chi connectivity index (χ4v) is 9.49. The lowest BCUT2D eigenvalue weighted by Gasteiger charge is -2.41. The van der Waals surface area contributed by atoms with Crippen molar-refractivity contribution >= 4 is 23.9 Å². The molecular weight excluding hydrogens is 416 g/mol. The van der Waals surface area contributed by atoms with Crippen molar-refractivity contribution in [1.29, 1.82) is 0 Å². The summed E-state index contributed by atoms with van der Waals surface area (Å²) in [5, 5.41) is 3.85. The Balaban J connectivity index is 1.90. The molecule has 2 heteroatoms. The summed E-state index contributed by atoms with van der Waals surface area (Å²) >= 11 is 0. The third-order valence-electron chi connectivity index (χ3n) is 6.85. The Morgan fingerprint density at radius 3 is 1.58 bits per heavy atom. The summed E-state index contributed by atoms with van der Waals surface area (Å²) in [6.07, 6.45) is 7.15. The molecule has 1 unspecified atom stereocenters. The number of rotatable bonds is 9. The maximum atomic E-state index is 7.60. The lowest BCUT2D eigenvalue weighted by Crippen LogP contribution is -2.71. The summed E-state index contributed by atoms with van der Waals surface area (Å²) in [6, 6.07) is 32.7. The average molecular weight is 453 g/mol. The molecule has 170 valence electrons. The Kier molecular flexibility index (Phi) is 7.79. The Bertz CT molecular complexity index is 939. The quantitative estimate of drug-likeness (QED) is 0.215. The molecule has 33 heavy (non-hydrogen) atoms. The van der Waals surface area contributed by atoms with Gasteiger partial charge in [-0.05, 0) is 53.2 Å². The van der Waals surface area contributed by atoms with Gasteiger partial charge in [-0.25, -0.2) is 0 Å². The number of hydrogen-bond acceptors (Lipinski definition) is 1. The largest absolute Gasteiger partial charge is 0.397 e. The summed E-state index contributed by atoms with van der Waals surface area (Å²) in [5.74, 6) is 0.508. The van der Waals surface area contributed by atoms with Crippen LogP contribution in [0.2, 0.25) is 0 Å². The molecule has 0 N–H and O–H groups in total. The number of hydrogen-bond donors (Lipinski definition) is 0. The minimum Gasteiger partial charge on any atom is -0.397 e. The van der Waals surface area contributed by atoms with E-state index in [0.717, 1.165) is 12.0 Å². The first-order valence-corrected chi connectivity index (χ1v) is 14.2. The molecule has 4 rings (SSSR count). The van der Waals surface area contributed by atoms with Crippen LogP contribution in [0.3, 0.4) is 0 Å². The third-order valence-corrected chi connectivity index (χ3v) is 10.9. The maximum Gasteiger partial charge on any atom is 0.288 e. The van der Waals surface area contributed by atoms with Crippen LogP contribution in [0.4, 0.5) is 0 Å². The lowest BCUT2D eigenvalue weighted by molar-refractivity contribution is 0.134. The summed E-state index contributed by atoms with van der Waals surface area (Å²) in [5.41, 5.74) is 2.32. The molecule has 1 atom stereocenters. The van der Waals surface area contributed by atoms with Crippen LogP contribution in [0, 0.1) is 5.92 Å². The van der Waals surface area contributed by atoms with E-state index in [-0.39, 0.29) is 6.10 Å². The first-order valence-electron chi connectivity index (χ1n) is 12.3. The summed E-state index contributed by atoms with van der Waals surface area (Å²) in [6.45, 7) is 10.9. The van der Waals surface area contributed by atoms with Crippen LogP contribution in [-0.4, -0.2) is 14.4 Å². The van der Waals surface area contributed by atoms with Crippen LogP contribution in [0.25, 0.3) is 0 Å². The molecule has 0 aromatic heterocycles. The minimum absolute atomic E-state index is 0.0225. The molecule has 1 fully saturated rings. The highest BCUT2D eigenvalue weighted by Crippen LogP contribution is 2.34. The molecule has 1 saturated carbocycles. The van der Waals surface area contributed by atoms with Gasteiger partial charge in [0.1, 0.15) is 0 Å². The first kappa shape index (κ1) is 23.5. The Hall–Kier alpha value is -2.68. The van der Waals surface area contributed by atoms with Gasteiger partial charge in [-0.2, -0.15) is 0 Å². The summed E-state index contributed by atoms with van der Waals surface area (Å²) in [4.78, 5) is 0. The molecule has 1 aliphatic rings. The molecule has 0 bridgehead atoms. The van der Waals surface area contributed by atoms with Gasteiger partial charge in [0.15, 0.2) is 0 Å². The van der Waals surface area contributed by atoms with Crippen molar-refractivity contribution in [2.45, 2.75) is 51.6 Å². The third kappa shape index (κ3) is 5.29. The van der Waals surface area contributed by atoms with E-state index < -0.39 is 8.32 Å². The van der Waals surface area contributed by atoms with E-state index in [2.05, 4.69) is 111 Å². The van der Waals surface area contributed by atoms with Crippen molar-refractivity contribution in [2.24, 2.45) is 5.92 Å². The number of benzene rings is 3. The highest BCUT2D eigenvalue weighted by molar-refractivity contribution is 7.07. The van der Waals surface area contributed by atoms with Gasteiger partial charge in [0.05, 0.1) is 6.10 Å². The van der Waals surface area contributed by atoms with Crippen molar-refractivity contribution in [3.63, 3.8) is 0 Å². The van der Waals surface area contributed by atoms with Gasteiger partial charge in [0.25, 0.3) is 8.32 Å². The predicted molar refractivity (Wildman–Crippen MR) is 144 cm³/mol. The van der Waals surface area contributed by atoms with E-state index in [1.54, 1.807) is 0 Å². The molecule has 1 aliphatic carbocycles. The van der Waals surface area contributed by atoms with Crippen molar-refractivity contribution in [3.8, 4) is 0 Å². The van der Waals surface area contributed by atoms with Gasteiger partial charge in [-0.15, -0.1) is 0 Å². The van der Waals surface area contributed by atoms with E-state index in [4.69, 9.17) is 4.43 Å². The van der Waals surface area contributed by atoms with Crippen LogP contribution < -0.4 is 15.6 Å². The molecule has 3 aromatic carbocycles. The van der Waals surface area contributed by atoms with Crippen molar-refractivity contribution < 1.29 is 4.43 Å². The SMILES string of the molecule is C=C(C)CC(=C)C(O[Si](c1ccccc1)(c1ccccc1)c1ccccc1)C1CCCCC1. The van der Waals surface area contributed by atoms with E-state index in [0.29, 0.717) is 5.92 Å². The van der Waals surface area contributed by atoms with Crippen LogP contribution in [0.15, 0.2) is 115 Å². The summed E-state index contributed by atoms with van der Waals surface area (Å²) in [7, 11) is -2.78. The van der Waals surface area contributed by atoms with Gasteiger partial charge in [-0.1, -0.05) is 129 Å². The number of allylic oxidation sites excluding steroid dienone is 1. The van der Waals surface area contributed by atoms with Crippen LogP contribution in [0.5, 0.6) is 0 Å². The second kappa shape index (κ2) is 11.0. The lowest BCUT2D eigenvalue weighted by atomic mass is 9.82.